The molecule has 0 aliphatic carbocycles. The van der Waals surface area contributed by atoms with Crippen molar-refractivity contribution in [2.75, 3.05) is 12.4 Å². The van der Waals surface area contributed by atoms with Crippen LogP contribution in [0.3, 0.4) is 0 Å². The standard InChI is InChI=1S/C23H23NO3/c1-16-8-7-11-21(17(16)2)24-23(25)22(18-9-5-4-6-10-18)27-20-14-12-19(26-3)13-15-20/h4-15,22H,1-3H3,(H,24,25). The van der Waals surface area contributed by atoms with Gasteiger partial charge in [0.25, 0.3) is 5.91 Å². The molecule has 4 nitrogen and oxygen atoms in total. The third-order valence-electron chi connectivity index (χ3n) is 4.52. The van der Waals surface area contributed by atoms with E-state index in [4.69, 9.17) is 9.47 Å². The van der Waals surface area contributed by atoms with Crippen molar-refractivity contribution in [1.82, 2.24) is 0 Å². The smallest absolute Gasteiger partial charge is 0.270 e. The van der Waals surface area contributed by atoms with E-state index in [0.29, 0.717) is 5.75 Å². The summed E-state index contributed by atoms with van der Waals surface area (Å²) in [5.41, 5.74) is 3.75. The van der Waals surface area contributed by atoms with Crippen LogP contribution in [0, 0.1) is 13.8 Å². The summed E-state index contributed by atoms with van der Waals surface area (Å²) < 4.78 is 11.2. The molecule has 0 saturated carbocycles. The van der Waals surface area contributed by atoms with Crippen molar-refractivity contribution >= 4 is 11.6 Å². The zero-order valence-electron chi connectivity index (χ0n) is 15.7. The lowest BCUT2D eigenvalue weighted by atomic mass is 10.1. The minimum atomic E-state index is -0.764. The number of hydrogen-bond donors (Lipinski definition) is 1. The summed E-state index contributed by atoms with van der Waals surface area (Å²) in [7, 11) is 1.61. The number of benzene rings is 3. The van der Waals surface area contributed by atoms with Crippen LogP contribution in [0.25, 0.3) is 0 Å². The second kappa shape index (κ2) is 8.41. The predicted octanol–water partition coefficient (Wildman–Crippen LogP) is 5.07. The summed E-state index contributed by atoms with van der Waals surface area (Å²) in [5.74, 6) is 1.12. The first-order valence-electron chi connectivity index (χ1n) is 8.81. The molecule has 1 amide bonds. The Morgan fingerprint density at radius 2 is 1.52 bits per heavy atom. The van der Waals surface area contributed by atoms with Gasteiger partial charge in [0, 0.05) is 11.3 Å². The molecule has 3 aromatic rings. The summed E-state index contributed by atoms with van der Waals surface area (Å²) >= 11 is 0. The van der Waals surface area contributed by atoms with E-state index in [0.717, 1.165) is 28.1 Å². The fraction of sp³-hybridized carbons (Fsp3) is 0.174. The lowest BCUT2D eigenvalue weighted by Crippen LogP contribution is -2.26. The molecular weight excluding hydrogens is 338 g/mol. The van der Waals surface area contributed by atoms with Gasteiger partial charge in [0.1, 0.15) is 11.5 Å². The largest absolute Gasteiger partial charge is 0.497 e. The number of carbonyl (C=O) groups excluding carboxylic acids is 1. The quantitative estimate of drug-likeness (QED) is 0.667. The van der Waals surface area contributed by atoms with Gasteiger partial charge in [-0.3, -0.25) is 4.79 Å². The molecule has 0 heterocycles. The number of carbonyl (C=O) groups is 1. The zero-order valence-corrected chi connectivity index (χ0v) is 15.7. The van der Waals surface area contributed by atoms with Crippen molar-refractivity contribution < 1.29 is 14.3 Å². The van der Waals surface area contributed by atoms with Gasteiger partial charge in [-0.05, 0) is 55.3 Å². The van der Waals surface area contributed by atoms with Gasteiger partial charge >= 0.3 is 0 Å². The Balaban J connectivity index is 1.87. The Kier molecular flexibility index (Phi) is 5.77. The van der Waals surface area contributed by atoms with Gasteiger partial charge in [-0.2, -0.15) is 0 Å². The van der Waals surface area contributed by atoms with Crippen LogP contribution >= 0.6 is 0 Å². The molecule has 138 valence electrons. The maximum Gasteiger partial charge on any atom is 0.270 e. The molecule has 0 fully saturated rings. The molecule has 0 aliphatic heterocycles. The van der Waals surface area contributed by atoms with E-state index in [2.05, 4.69) is 5.32 Å². The summed E-state index contributed by atoms with van der Waals surface area (Å²) in [6.45, 7) is 4.01. The fourth-order valence-corrected chi connectivity index (χ4v) is 2.78. The Morgan fingerprint density at radius 1 is 0.852 bits per heavy atom. The van der Waals surface area contributed by atoms with Crippen LogP contribution in [0.1, 0.15) is 22.8 Å². The molecule has 3 aromatic carbocycles. The van der Waals surface area contributed by atoms with Crippen LogP contribution in [-0.2, 0) is 4.79 Å². The molecule has 4 heteroatoms. The minimum Gasteiger partial charge on any atom is -0.497 e. The molecule has 0 aliphatic rings. The molecular formula is C23H23NO3. The monoisotopic (exact) mass is 361 g/mol. The normalized spacial score (nSPS) is 11.5. The molecule has 0 spiro atoms. The molecule has 0 aromatic heterocycles. The van der Waals surface area contributed by atoms with E-state index >= 15 is 0 Å². The average molecular weight is 361 g/mol. The van der Waals surface area contributed by atoms with Crippen LogP contribution < -0.4 is 14.8 Å². The molecule has 1 atom stereocenters. The molecule has 3 rings (SSSR count). The Labute approximate surface area is 159 Å². The van der Waals surface area contributed by atoms with Gasteiger partial charge in [-0.15, -0.1) is 0 Å². The first-order valence-corrected chi connectivity index (χ1v) is 8.81. The van der Waals surface area contributed by atoms with E-state index in [1.165, 1.54) is 0 Å². The number of ether oxygens (including phenoxy) is 2. The number of rotatable bonds is 6. The van der Waals surface area contributed by atoms with Crippen LogP contribution in [0.2, 0.25) is 0 Å². The lowest BCUT2D eigenvalue weighted by Gasteiger charge is -2.20. The van der Waals surface area contributed by atoms with Crippen molar-refractivity contribution in [2.45, 2.75) is 20.0 Å². The lowest BCUT2D eigenvalue weighted by molar-refractivity contribution is -0.123. The van der Waals surface area contributed by atoms with Gasteiger partial charge in [-0.25, -0.2) is 0 Å². The third-order valence-corrected chi connectivity index (χ3v) is 4.52. The molecule has 1 N–H and O–H groups in total. The summed E-state index contributed by atoms with van der Waals surface area (Å²) in [6, 6.07) is 22.5. The van der Waals surface area contributed by atoms with E-state index in [1.54, 1.807) is 31.4 Å². The summed E-state index contributed by atoms with van der Waals surface area (Å²) in [5, 5.41) is 3.00. The van der Waals surface area contributed by atoms with Crippen LogP contribution in [0.15, 0.2) is 72.8 Å². The summed E-state index contributed by atoms with van der Waals surface area (Å²) in [6.07, 6.45) is -0.764. The van der Waals surface area contributed by atoms with Gasteiger partial charge in [0.2, 0.25) is 6.10 Å². The topological polar surface area (TPSA) is 47.6 Å². The summed E-state index contributed by atoms with van der Waals surface area (Å²) in [4.78, 5) is 13.0. The molecule has 0 saturated heterocycles. The van der Waals surface area contributed by atoms with Crippen molar-refractivity contribution in [3.05, 3.63) is 89.5 Å². The van der Waals surface area contributed by atoms with Crippen molar-refractivity contribution in [1.29, 1.82) is 0 Å². The van der Waals surface area contributed by atoms with E-state index in [1.807, 2.05) is 62.4 Å². The number of methoxy groups -OCH3 is 1. The Bertz CT molecular complexity index is 905. The number of aryl methyl sites for hydroxylation is 1. The second-order valence-corrected chi connectivity index (χ2v) is 6.32. The maximum atomic E-state index is 13.0. The van der Waals surface area contributed by atoms with Crippen LogP contribution in [0.5, 0.6) is 11.5 Å². The second-order valence-electron chi connectivity index (χ2n) is 6.32. The first kappa shape index (κ1) is 18.5. The van der Waals surface area contributed by atoms with Gasteiger partial charge < -0.3 is 14.8 Å². The third kappa shape index (κ3) is 4.47. The zero-order chi connectivity index (χ0) is 19.2. The van der Waals surface area contributed by atoms with E-state index < -0.39 is 6.10 Å². The minimum absolute atomic E-state index is 0.217. The van der Waals surface area contributed by atoms with Crippen LogP contribution in [0.4, 0.5) is 5.69 Å². The molecule has 0 bridgehead atoms. The Hall–Kier alpha value is -3.27. The number of hydrogen-bond acceptors (Lipinski definition) is 3. The highest BCUT2D eigenvalue weighted by Gasteiger charge is 2.23. The number of amides is 1. The molecule has 0 radical (unpaired) electrons. The first-order chi connectivity index (χ1) is 13.1. The van der Waals surface area contributed by atoms with Crippen molar-refractivity contribution in [3.63, 3.8) is 0 Å². The molecule has 1 unspecified atom stereocenters. The number of nitrogens with one attached hydrogen (secondary N) is 1. The average Bonchev–Trinajstić information content (AvgIpc) is 2.70. The Morgan fingerprint density at radius 3 is 2.19 bits per heavy atom. The SMILES string of the molecule is COc1ccc(OC(C(=O)Nc2cccc(C)c2C)c2ccccc2)cc1. The van der Waals surface area contributed by atoms with Crippen molar-refractivity contribution in [3.8, 4) is 11.5 Å². The predicted molar refractivity (Wildman–Crippen MR) is 107 cm³/mol. The maximum absolute atomic E-state index is 13.0. The fourth-order valence-electron chi connectivity index (χ4n) is 2.78. The highest BCUT2D eigenvalue weighted by atomic mass is 16.5. The van der Waals surface area contributed by atoms with Gasteiger partial charge in [0.15, 0.2) is 0 Å². The van der Waals surface area contributed by atoms with Crippen LogP contribution in [-0.4, -0.2) is 13.0 Å². The van der Waals surface area contributed by atoms with Gasteiger partial charge in [0.05, 0.1) is 7.11 Å². The van der Waals surface area contributed by atoms with E-state index in [9.17, 15) is 4.79 Å². The highest BCUT2D eigenvalue weighted by molar-refractivity contribution is 5.95. The van der Waals surface area contributed by atoms with E-state index in [-0.39, 0.29) is 5.91 Å². The number of anilines is 1. The molecule has 27 heavy (non-hydrogen) atoms. The van der Waals surface area contributed by atoms with Crippen molar-refractivity contribution in [2.24, 2.45) is 0 Å². The van der Waals surface area contributed by atoms with Gasteiger partial charge in [-0.1, -0.05) is 42.5 Å². The highest BCUT2D eigenvalue weighted by Crippen LogP contribution is 2.26.